The zero-order valence-corrected chi connectivity index (χ0v) is 14.2. The number of rotatable bonds is 3. The van der Waals surface area contributed by atoms with Gasteiger partial charge in [0.1, 0.15) is 17.5 Å². The average Bonchev–Trinajstić information content (AvgIpc) is 2.76. The summed E-state index contributed by atoms with van der Waals surface area (Å²) >= 11 is 1.13. The number of hydrogen-bond donors (Lipinski definition) is 2. The molecule has 0 saturated carbocycles. The van der Waals surface area contributed by atoms with Crippen molar-refractivity contribution in [3.05, 3.63) is 46.2 Å². The molecule has 0 fully saturated rings. The van der Waals surface area contributed by atoms with E-state index in [4.69, 9.17) is 4.74 Å². The first-order chi connectivity index (χ1) is 10.7. The van der Waals surface area contributed by atoms with E-state index >= 15 is 0 Å². The number of amides is 1. The Balaban J connectivity index is 2.16. The molecule has 5 nitrogen and oxygen atoms in total. The molecule has 124 valence electrons. The van der Waals surface area contributed by atoms with Crippen molar-refractivity contribution in [2.45, 2.75) is 39.4 Å². The van der Waals surface area contributed by atoms with Crippen LogP contribution in [-0.2, 0) is 4.74 Å². The van der Waals surface area contributed by atoms with E-state index in [0.717, 1.165) is 11.3 Å². The number of carbonyl (C=O) groups excluding carboxylic acids is 1. The van der Waals surface area contributed by atoms with Crippen molar-refractivity contribution in [2.75, 3.05) is 5.32 Å². The fraction of sp³-hybridized carbons (Fsp3) is 0.375. The smallest absolute Gasteiger partial charge is 0.413 e. The van der Waals surface area contributed by atoms with Crippen LogP contribution in [0.2, 0.25) is 0 Å². The number of nitrogens with one attached hydrogen (secondary N) is 1. The number of aryl methyl sites for hydroxylation is 1. The molecule has 0 radical (unpaired) electrons. The van der Waals surface area contributed by atoms with Crippen molar-refractivity contribution in [3.8, 4) is 0 Å². The molecule has 1 aromatic heterocycles. The molecule has 0 aliphatic heterocycles. The number of thiazole rings is 1. The highest BCUT2D eigenvalue weighted by Gasteiger charge is 2.21. The summed E-state index contributed by atoms with van der Waals surface area (Å²) in [5.41, 5.74) is 0.388. The lowest BCUT2D eigenvalue weighted by atomic mass is 10.1. The van der Waals surface area contributed by atoms with E-state index in [2.05, 4.69) is 10.3 Å². The maximum atomic E-state index is 13.3. The summed E-state index contributed by atoms with van der Waals surface area (Å²) in [5.74, 6) is -0.421. The van der Waals surface area contributed by atoms with Gasteiger partial charge < -0.3 is 9.84 Å². The number of hydrogen-bond acceptors (Lipinski definition) is 5. The van der Waals surface area contributed by atoms with E-state index in [1.54, 1.807) is 33.8 Å². The number of carbonyl (C=O) groups is 1. The standard InChI is InChI=1S/C16H19FN2O3S/c1-9-13(12(20)10-6-5-7-11(17)8-10)23-14(18-9)19-15(21)22-16(2,3)4/h5-8,12,20H,1-4H3,(H,18,19,21). The van der Waals surface area contributed by atoms with Gasteiger partial charge in [0.05, 0.1) is 10.6 Å². The van der Waals surface area contributed by atoms with Crippen LogP contribution in [0.4, 0.5) is 14.3 Å². The second-order valence-corrected chi connectivity index (χ2v) is 7.08. The predicted molar refractivity (Wildman–Crippen MR) is 87.2 cm³/mol. The summed E-state index contributed by atoms with van der Waals surface area (Å²) in [6, 6.07) is 5.74. The highest BCUT2D eigenvalue weighted by molar-refractivity contribution is 7.16. The Morgan fingerprint density at radius 3 is 2.74 bits per heavy atom. The summed E-state index contributed by atoms with van der Waals surface area (Å²) in [7, 11) is 0. The number of aliphatic hydroxyl groups is 1. The largest absolute Gasteiger partial charge is 0.444 e. The topological polar surface area (TPSA) is 71.5 Å². The number of benzene rings is 1. The zero-order valence-electron chi connectivity index (χ0n) is 13.4. The molecule has 2 rings (SSSR count). The molecule has 7 heteroatoms. The summed E-state index contributed by atoms with van der Waals surface area (Å²) in [5, 5.41) is 13.3. The second kappa shape index (κ2) is 6.64. The zero-order chi connectivity index (χ0) is 17.2. The van der Waals surface area contributed by atoms with Crippen LogP contribution < -0.4 is 5.32 Å². The number of nitrogens with zero attached hydrogens (tertiary/aromatic N) is 1. The lowest BCUT2D eigenvalue weighted by Gasteiger charge is -2.18. The predicted octanol–water partition coefficient (Wildman–Crippen LogP) is 4.02. The Hall–Kier alpha value is -1.99. The van der Waals surface area contributed by atoms with Crippen LogP contribution >= 0.6 is 11.3 Å². The van der Waals surface area contributed by atoms with E-state index in [9.17, 15) is 14.3 Å². The Kier molecular flexibility index (Phi) is 5.01. The van der Waals surface area contributed by atoms with Gasteiger partial charge in [0, 0.05) is 0 Å². The first kappa shape index (κ1) is 17.4. The third kappa shape index (κ3) is 4.74. The van der Waals surface area contributed by atoms with Crippen LogP contribution in [0.3, 0.4) is 0 Å². The molecule has 0 spiro atoms. The summed E-state index contributed by atoms with van der Waals surface area (Å²) in [4.78, 5) is 16.5. The maximum Gasteiger partial charge on any atom is 0.413 e. The number of halogens is 1. The van der Waals surface area contributed by atoms with Crippen LogP contribution in [0.5, 0.6) is 0 Å². The molecular formula is C16H19FN2O3S. The first-order valence-corrected chi connectivity index (χ1v) is 7.88. The molecule has 1 heterocycles. The Morgan fingerprint density at radius 1 is 1.43 bits per heavy atom. The van der Waals surface area contributed by atoms with Crippen molar-refractivity contribution in [3.63, 3.8) is 0 Å². The van der Waals surface area contributed by atoms with Crippen LogP contribution in [-0.4, -0.2) is 21.8 Å². The summed E-state index contributed by atoms with van der Waals surface area (Å²) < 4.78 is 18.4. The second-order valence-electron chi connectivity index (χ2n) is 6.05. The van der Waals surface area contributed by atoms with Gasteiger partial charge in [-0.3, -0.25) is 5.32 Å². The number of aromatic nitrogens is 1. The number of aliphatic hydroxyl groups excluding tert-OH is 1. The van der Waals surface area contributed by atoms with Crippen molar-refractivity contribution in [1.29, 1.82) is 0 Å². The normalized spacial score (nSPS) is 12.8. The van der Waals surface area contributed by atoms with Crippen LogP contribution in [0.1, 0.15) is 43.0 Å². The minimum atomic E-state index is -1.00. The number of ether oxygens (including phenoxy) is 1. The molecule has 23 heavy (non-hydrogen) atoms. The third-order valence-corrected chi connectivity index (χ3v) is 3.98. The number of anilines is 1. The lowest BCUT2D eigenvalue weighted by Crippen LogP contribution is -2.27. The van der Waals surface area contributed by atoms with Gasteiger partial charge >= 0.3 is 6.09 Å². The van der Waals surface area contributed by atoms with E-state index in [1.165, 1.54) is 18.2 Å². The van der Waals surface area contributed by atoms with E-state index in [-0.39, 0.29) is 0 Å². The van der Waals surface area contributed by atoms with Gasteiger partial charge in [-0.2, -0.15) is 0 Å². The fourth-order valence-corrected chi connectivity index (χ4v) is 2.90. The van der Waals surface area contributed by atoms with Crippen LogP contribution in [0.25, 0.3) is 0 Å². The molecule has 1 amide bonds. The van der Waals surface area contributed by atoms with Crippen LogP contribution in [0.15, 0.2) is 24.3 Å². The third-order valence-electron chi connectivity index (χ3n) is 2.85. The minimum Gasteiger partial charge on any atom is -0.444 e. The lowest BCUT2D eigenvalue weighted by molar-refractivity contribution is 0.0636. The van der Waals surface area contributed by atoms with Crippen molar-refractivity contribution >= 4 is 22.6 Å². The highest BCUT2D eigenvalue weighted by atomic mass is 32.1. The Morgan fingerprint density at radius 2 is 2.13 bits per heavy atom. The Bertz CT molecular complexity index is 710. The Labute approximate surface area is 138 Å². The summed E-state index contributed by atoms with van der Waals surface area (Å²) in [6.07, 6.45) is -1.62. The van der Waals surface area contributed by atoms with Crippen molar-refractivity contribution in [1.82, 2.24) is 4.98 Å². The van der Waals surface area contributed by atoms with Gasteiger partial charge in [-0.05, 0) is 45.4 Å². The van der Waals surface area contributed by atoms with Gasteiger partial charge in [0.2, 0.25) is 0 Å². The molecule has 0 aliphatic carbocycles. The molecule has 2 N–H and O–H groups in total. The quantitative estimate of drug-likeness (QED) is 0.887. The van der Waals surface area contributed by atoms with Gasteiger partial charge in [-0.15, -0.1) is 0 Å². The van der Waals surface area contributed by atoms with Gasteiger partial charge in [0.25, 0.3) is 0 Å². The van der Waals surface area contributed by atoms with Gasteiger partial charge in [0.15, 0.2) is 5.13 Å². The van der Waals surface area contributed by atoms with Crippen molar-refractivity contribution in [2.24, 2.45) is 0 Å². The molecule has 0 saturated heterocycles. The fourth-order valence-electron chi connectivity index (χ4n) is 1.93. The molecule has 1 unspecified atom stereocenters. The molecule has 0 aliphatic rings. The molecule has 1 atom stereocenters. The van der Waals surface area contributed by atoms with Crippen molar-refractivity contribution < 1.29 is 19.0 Å². The average molecular weight is 338 g/mol. The molecule has 0 bridgehead atoms. The van der Waals surface area contributed by atoms with Crippen LogP contribution in [0, 0.1) is 12.7 Å². The van der Waals surface area contributed by atoms with E-state index < -0.39 is 23.6 Å². The van der Waals surface area contributed by atoms with E-state index in [0.29, 0.717) is 21.3 Å². The highest BCUT2D eigenvalue weighted by Crippen LogP contribution is 2.32. The molecule has 1 aromatic carbocycles. The monoisotopic (exact) mass is 338 g/mol. The molecular weight excluding hydrogens is 319 g/mol. The maximum absolute atomic E-state index is 13.3. The van der Waals surface area contributed by atoms with Gasteiger partial charge in [-0.25, -0.2) is 14.2 Å². The summed E-state index contributed by atoms with van der Waals surface area (Å²) in [6.45, 7) is 7.01. The minimum absolute atomic E-state index is 0.321. The van der Waals surface area contributed by atoms with E-state index in [1.807, 2.05) is 0 Å². The molecule has 2 aromatic rings. The SMILES string of the molecule is Cc1nc(NC(=O)OC(C)(C)C)sc1C(O)c1cccc(F)c1. The first-order valence-electron chi connectivity index (χ1n) is 7.06. The van der Waals surface area contributed by atoms with Gasteiger partial charge in [-0.1, -0.05) is 23.5 Å².